The van der Waals surface area contributed by atoms with Gasteiger partial charge in [-0.2, -0.15) is 0 Å². The SMILES string of the molecule is C=CC(=O)NCc1ccc(C(=O)N2C[C@@H](C)N(CCO)[C@@H](C)C2)cc1. The van der Waals surface area contributed by atoms with E-state index >= 15 is 0 Å². The average Bonchev–Trinajstić information content (AvgIpc) is 2.62. The van der Waals surface area contributed by atoms with Crippen molar-refractivity contribution in [2.24, 2.45) is 0 Å². The molecule has 25 heavy (non-hydrogen) atoms. The summed E-state index contributed by atoms with van der Waals surface area (Å²) in [6.45, 7) is 10.1. The summed E-state index contributed by atoms with van der Waals surface area (Å²) in [5.41, 5.74) is 1.58. The first-order chi connectivity index (χ1) is 12.0. The average molecular weight is 345 g/mol. The third-order valence-corrected chi connectivity index (χ3v) is 4.60. The van der Waals surface area contributed by atoms with Crippen molar-refractivity contribution in [3.8, 4) is 0 Å². The van der Waals surface area contributed by atoms with Crippen LogP contribution in [0, 0.1) is 0 Å². The molecule has 2 amide bonds. The van der Waals surface area contributed by atoms with Crippen LogP contribution in [0.25, 0.3) is 0 Å². The van der Waals surface area contributed by atoms with Crippen LogP contribution in [0.5, 0.6) is 0 Å². The third-order valence-electron chi connectivity index (χ3n) is 4.60. The highest BCUT2D eigenvalue weighted by atomic mass is 16.3. The Hall–Kier alpha value is -2.18. The monoisotopic (exact) mass is 345 g/mol. The third kappa shape index (κ3) is 4.90. The van der Waals surface area contributed by atoms with Gasteiger partial charge in [-0.25, -0.2) is 0 Å². The predicted octanol–water partition coefficient (Wildman–Crippen LogP) is 1.02. The lowest BCUT2D eigenvalue weighted by Crippen LogP contribution is -2.58. The minimum Gasteiger partial charge on any atom is -0.395 e. The lowest BCUT2D eigenvalue weighted by Gasteiger charge is -2.44. The molecule has 0 unspecified atom stereocenters. The standard InChI is InChI=1S/C19H27N3O3/c1-4-18(24)20-11-16-5-7-17(8-6-16)19(25)21-12-14(2)22(9-10-23)15(3)13-21/h4-8,14-15,23H,1,9-13H2,2-3H3,(H,20,24)/t14-,15+. The van der Waals surface area contributed by atoms with Crippen molar-refractivity contribution in [1.29, 1.82) is 0 Å². The molecule has 1 saturated heterocycles. The zero-order valence-electron chi connectivity index (χ0n) is 14.9. The van der Waals surface area contributed by atoms with E-state index < -0.39 is 0 Å². The topological polar surface area (TPSA) is 72.9 Å². The largest absolute Gasteiger partial charge is 0.395 e. The number of β-amino-alcohol motifs (C(OH)–C–C–N with tert-alkyl or cyclic N) is 1. The van der Waals surface area contributed by atoms with Crippen LogP contribution in [-0.2, 0) is 11.3 Å². The highest BCUT2D eigenvalue weighted by molar-refractivity contribution is 5.94. The fourth-order valence-electron chi connectivity index (χ4n) is 3.29. The second-order valence-electron chi connectivity index (χ2n) is 6.49. The van der Waals surface area contributed by atoms with Gasteiger partial charge in [-0.3, -0.25) is 14.5 Å². The van der Waals surface area contributed by atoms with Gasteiger partial charge in [0.2, 0.25) is 5.91 Å². The van der Waals surface area contributed by atoms with E-state index in [1.54, 1.807) is 12.1 Å². The number of nitrogens with one attached hydrogen (secondary N) is 1. The molecule has 2 atom stereocenters. The Morgan fingerprint density at radius 2 is 1.84 bits per heavy atom. The molecule has 2 N–H and O–H groups in total. The number of carbonyl (C=O) groups excluding carboxylic acids is 2. The molecule has 6 nitrogen and oxygen atoms in total. The fraction of sp³-hybridized carbons (Fsp3) is 0.474. The van der Waals surface area contributed by atoms with Gasteiger partial charge in [0, 0.05) is 43.8 Å². The smallest absolute Gasteiger partial charge is 0.253 e. The van der Waals surface area contributed by atoms with Crippen LogP contribution < -0.4 is 5.32 Å². The van der Waals surface area contributed by atoms with Gasteiger partial charge in [-0.05, 0) is 37.6 Å². The number of amides is 2. The van der Waals surface area contributed by atoms with E-state index in [1.807, 2.05) is 17.0 Å². The maximum Gasteiger partial charge on any atom is 0.253 e. The number of rotatable bonds is 6. The molecule has 1 heterocycles. The molecule has 1 fully saturated rings. The number of benzene rings is 1. The molecule has 1 aliphatic heterocycles. The van der Waals surface area contributed by atoms with E-state index in [0.717, 1.165) is 5.56 Å². The van der Waals surface area contributed by atoms with E-state index in [-0.39, 0.29) is 30.5 Å². The van der Waals surface area contributed by atoms with Gasteiger partial charge in [-0.15, -0.1) is 0 Å². The predicted molar refractivity (Wildman–Crippen MR) is 97.1 cm³/mol. The van der Waals surface area contributed by atoms with Gasteiger partial charge >= 0.3 is 0 Å². The van der Waals surface area contributed by atoms with Crippen molar-refractivity contribution >= 4 is 11.8 Å². The van der Waals surface area contributed by atoms with Crippen LogP contribution in [0.4, 0.5) is 0 Å². The van der Waals surface area contributed by atoms with Gasteiger partial charge in [0.15, 0.2) is 0 Å². The minimum absolute atomic E-state index is 0.0176. The Morgan fingerprint density at radius 3 is 2.36 bits per heavy atom. The number of hydrogen-bond acceptors (Lipinski definition) is 4. The molecule has 0 saturated carbocycles. The van der Waals surface area contributed by atoms with Crippen molar-refractivity contribution in [2.45, 2.75) is 32.5 Å². The van der Waals surface area contributed by atoms with Crippen LogP contribution >= 0.6 is 0 Å². The van der Waals surface area contributed by atoms with E-state index in [1.165, 1.54) is 6.08 Å². The number of aliphatic hydroxyl groups is 1. The molecule has 1 aromatic rings. The molecule has 1 aromatic carbocycles. The Kier molecular flexibility index (Phi) is 6.73. The van der Waals surface area contributed by atoms with E-state index in [9.17, 15) is 14.7 Å². The summed E-state index contributed by atoms with van der Waals surface area (Å²) in [7, 11) is 0. The highest BCUT2D eigenvalue weighted by Crippen LogP contribution is 2.18. The van der Waals surface area contributed by atoms with Crippen molar-refractivity contribution in [2.75, 3.05) is 26.2 Å². The number of carbonyl (C=O) groups is 2. The Bertz CT molecular complexity index is 603. The maximum atomic E-state index is 12.8. The molecule has 1 aliphatic rings. The normalized spacial score (nSPS) is 21.0. The first-order valence-electron chi connectivity index (χ1n) is 8.61. The molecule has 0 bridgehead atoms. The summed E-state index contributed by atoms with van der Waals surface area (Å²) in [5, 5.41) is 11.9. The van der Waals surface area contributed by atoms with Crippen LogP contribution in [0.15, 0.2) is 36.9 Å². The fourth-order valence-corrected chi connectivity index (χ4v) is 3.29. The second kappa shape index (κ2) is 8.78. The van der Waals surface area contributed by atoms with Crippen molar-refractivity contribution in [3.63, 3.8) is 0 Å². The number of nitrogens with zero attached hydrogens (tertiary/aromatic N) is 2. The van der Waals surface area contributed by atoms with Crippen molar-refractivity contribution in [3.05, 3.63) is 48.0 Å². The zero-order valence-corrected chi connectivity index (χ0v) is 14.9. The van der Waals surface area contributed by atoms with Gasteiger partial charge < -0.3 is 15.3 Å². The van der Waals surface area contributed by atoms with Gasteiger partial charge in [0.25, 0.3) is 5.91 Å². The first-order valence-corrected chi connectivity index (χ1v) is 8.61. The first kappa shape index (κ1) is 19.1. The van der Waals surface area contributed by atoms with E-state index in [4.69, 9.17) is 0 Å². The highest BCUT2D eigenvalue weighted by Gasteiger charge is 2.31. The Balaban J connectivity index is 1.98. The number of aliphatic hydroxyl groups excluding tert-OH is 1. The molecular weight excluding hydrogens is 318 g/mol. The second-order valence-corrected chi connectivity index (χ2v) is 6.49. The summed E-state index contributed by atoms with van der Waals surface area (Å²) in [5.74, 6) is -0.201. The molecular formula is C19H27N3O3. The van der Waals surface area contributed by atoms with Crippen molar-refractivity contribution < 1.29 is 14.7 Å². The lowest BCUT2D eigenvalue weighted by atomic mass is 10.1. The zero-order chi connectivity index (χ0) is 18.4. The summed E-state index contributed by atoms with van der Waals surface area (Å²) >= 11 is 0. The molecule has 136 valence electrons. The van der Waals surface area contributed by atoms with Gasteiger partial charge in [0.1, 0.15) is 0 Å². The molecule has 6 heteroatoms. The maximum absolute atomic E-state index is 12.8. The Morgan fingerprint density at radius 1 is 1.24 bits per heavy atom. The summed E-state index contributed by atoms with van der Waals surface area (Å²) in [6, 6.07) is 7.73. The van der Waals surface area contributed by atoms with Gasteiger partial charge in [0.05, 0.1) is 6.61 Å². The van der Waals surface area contributed by atoms with Crippen LogP contribution in [0.3, 0.4) is 0 Å². The van der Waals surface area contributed by atoms with Gasteiger partial charge in [-0.1, -0.05) is 18.7 Å². The minimum atomic E-state index is -0.219. The molecule has 2 rings (SSSR count). The summed E-state index contributed by atoms with van der Waals surface area (Å²) in [4.78, 5) is 28.0. The Labute approximate surface area is 149 Å². The van der Waals surface area contributed by atoms with Crippen LogP contribution in [-0.4, -0.2) is 65.0 Å². The van der Waals surface area contributed by atoms with E-state index in [2.05, 4.69) is 30.6 Å². The quantitative estimate of drug-likeness (QED) is 0.755. The summed E-state index contributed by atoms with van der Waals surface area (Å²) in [6.07, 6.45) is 1.23. The number of piperazine rings is 1. The molecule has 0 aliphatic carbocycles. The summed E-state index contributed by atoms with van der Waals surface area (Å²) < 4.78 is 0. The van der Waals surface area contributed by atoms with Crippen molar-refractivity contribution in [1.82, 2.24) is 15.1 Å². The van der Waals surface area contributed by atoms with Crippen LogP contribution in [0.2, 0.25) is 0 Å². The van der Waals surface area contributed by atoms with E-state index in [0.29, 0.717) is 31.7 Å². The number of hydrogen-bond donors (Lipinski definition) is 2. The molecule has 0 spiro atoms. The van der Waals surface area contributed by atoms with Crippen LogP contribution in [0.1, 0.15) is 29.8 Å². The molecule has 0 radical (unpaired) electrons. The molecule has 0 aromatic heterocycles. The lowest BCUT2D eigenvalue weighted by molar-refractivity contribution is -0.116.